The van der Waals surface area contributed by atoms with Crippen LogP contribution in [0.2, 0.25) is 0 Å². The molecule has 4 rings (SSSR count). The summed E-state index contributed by atoms with van der Waals surface area (Å²) in [5, 5.41) is 9.84. The van der Waals surface area contributed by atoms with Crippen LogP contribution < -0.4 is 20.7 Å². The Hall–Kier alpha value is -2.57. The van der Waals surface area contributed by atoms with E-state index >= 15 is 0 Å². The Balaban J connectivity index is 0.00000272. The Bertz CT molecular complexity index is 879. The fraction of sp³-hybridized carbons (Fsp3) is 0.417. The first-order valence-electron chi connectivity index (χ1n) is 10.6. The molecule has 2 aliphatic heterocycles. The van der Waals surface area contributed by atoms with Crippen LogP contribution in [0.4, 0.5) is 5.69 Å². The molecular formula is C24H30ClN3O3. The second kappa shape index (κ2) is 10.6. The average molecular weight is 444 g/mol. The normalized spacial score (nSPS) is 24.4. The zero-order chi connectivity index (χ0) is 20.9. The molecule has 0 aliphatic carbocycles. The van der Waals surface area contributed by atoms with Crippen LogP contribution in [0, 0.1) is 5.92 Å². The van der Waals surface area contributed by atoms with Gasteiger partial charge in [0, 0.05) is 35.8 Å². The summed E-state index contributed by atoms with van der Waals surface area (Å²) in [6.07, 6.45) is 4.25. The highest BCUT2D eigenvalue weighted by molar-refractivity contribution is 5.94. The van der Waals surface area contributed by atoms with Crippen molar-refractivity contribution in [1.29, 1.82) is 0 Å². The highest BCUT2D eigenvalue weighted by Gasteiger charge is 2.36. The van der Waals surface area contributed by atoms with E-state index in [0.717, 1.165) is 31.4 Å². The zero-order valence-electron chi connectivity index (χ0n) is 17.7. The van der Waals surface area contributed by atoms with Gasteiger partial charge in [-0.1, -0.05) is 24.3 Å². The average Bonchev–Trinajstić information content (AvgIpc) is 2.73. The third-order valence-corrected chi connectivity index (χ3v) is 6.04. The summed E-state index contributed by atoms with van der Waals surface area (Å²) in [7, 11) is 1.60. The van der Waals surface area contributed by atoms with Crippen LogP contribution in [0.5, 0.6) is 5.75 Å². The third kappa shape index (κ3) is 6.21. The summed E-state index contributed by atoms with van der Waals surface area (Å²) >= 11 is 0. The lowest BCUT2D eigenvalue weighted by molar-refractivity contribution is -0.117. The molecule has 2 saturated heterocycles. The van der Waals surface area contributed by atoms with Crippen LogP contribution in [0.25, 0.3) is 0 Å². The maximum atomic E-state index is 12.6. The largest absolute Gasteiger partial charge is 0.497 e. The Labute approximate surface area is 189 Å². The SMILES string of the molecule is COc1cccc(C(=O)NC2CC3CC(CC(=O)Nc4ccccc4)CC(C2)N3)c1.Cl. The number of halogens is 1. The minimum absolute atomic E-state index is 0. The first-order chi connectivity index (χ1) is 14.6. The van der Waals surface area contributed by atoms with Crippen molar-refractivity contribution in [3.8, 4) is 5.75 Å². The molecule has 0 radical (unpaired) electrons. The number of benzene rings is 2. The Morgan fingerprint density at radius 3 is 2.39 bits per heavy atom. The molecule has 166 valence electrons. The van der Waals surface area contributed by atoms with Gasteiger partial charge in [0.25, 0.3) is 5.91 Å². The van der Waals surface area contributed by atoms with E-state index in [-0.39, 0.29) is 30.3 Å². The van der Waals surface area contributed by atoms with Crippen molar-refractivity contribution in [1.82, 2.24) is 10.6 Å². The quantitative estimate of drug-likeness (QED) is 0.634. The highest BCUT2D eigenvalue weighted by Crippen LogP contribution is 2.32. The van der Waals surface area contributed by atoms with Gasteiger partial charge < -0.3 is 20.7 Å². The monoisotopic (exact) mass is 443 g/mol. The van der Waals surface area contributed by atoms with Gasteiger partial charge in [-0.2, -0.15) is 0 Å². The number of nitrogens with one attached hydrogen (secondary N) is 3. The van der Waals surface area contributed by atoms with Gasteiger partial charge >= 0.3 is 0 Å². The molecule has 0 spiro atoms. The summed E-state index contributed by atoms with van der Waals surface area (Å²) in [6.45, 7) is 0. The van der Waals surface area contributed by atoms with Crippen LogP contribution in [-0.2, 0) is 4.79 Å². The van der Waals surface area contributed by atoms with Crippen molar-refractivity contribution >= 4 is 29.9 Å². The molecule has 2 atom stereocenters. The number of piperidine rings is 2. The van der Waals surface area contributed by atoms with Crippen molar-refractivity contribution in [2.24, 2.45) is 5.92 Å². The number of hydrogen-bond donors (Lipinski definition) is 3. The fourth-order valence-corrected chi connectivity index (χ4v) is 4.80. The van der Waals surface area contributed by atoms with Gasteiger partial charge in [0.1, 0.15) is 5.75 Å². The van der Waals surface area contributed by atoms with Crippen LogP contribution in [-0.4, -0.2) is 37.0 Å². The lowest BCUT2D eigenvalue weighted by Gasteiger charge is -2.43. The molecule has 2 aromatic carbocycles. The lowest BCUT2D eigenvalue weighted by Crippen LogP contribution is -2.56. The second-order valence-electron chi connectivity index (χ2n) is 8.39. The number of carbonyl (C=O) groups is 2. The molecule has 2 amide bonds. The predicted octanol–water partition coefficient (Wildman–Crippen LogP) is 3.77. The Morgan fingerprint density at radius 2 is 1.71 bits per heavy atom. The van der Waals surface area contributed by atoms with Gasteiger partial charge in [-0.15, -0.1) is 12.4 Å². The summed E-state index contributed by atoms with van der Waals surface area (Å²) in [6, 6.07) is 17.6. The molecule has 31 heavy (non-hydrogen) atoms. The molecule has 6 nitrogen and oxygen atoms in total. The minimum Gasteiger partial charge on any atom is -0.497 e. The maximum Gasteiger partial charge on any atom is 0.251 e. The van der Waals surface area contributed by atoms with E-state index in [1.54, 1.807) is 19.2 Å². The van der Waals surface area contributed by atoms with Crippen LogP contribution in [0.1, 0.15) is 42.5 Å². The molecule has 2 fully saturated rings. The molecule has 7 heteroatoms. The summed E-state index contributed by atoms with van der Waals surface area (Å²) < 4.78 is 5.21. The Morgan fingerprint density at radius 1 is 1.00 bits per heavy atom. The predicted molar refractivity (Wildman–Crippen MR) is 124 cm³/mol. The van der Waals surface area contributed by atoms with E-state index in [9.17, 15) is 9.59 Å². The zero-order valence-corrected chi connectivity index (χ0v) is 18.5. The molecule has 2 heterocycles. The molecule has 2 aliphatic rings. The van der Waals surface area contributed by atoms with Crippen molar-refractivity contribution < 1.29 is 14.3 Å². The van der Waals surface area contributed by atoms with E-state index < -0.39 is 0 Å². The first kappa shape index (κ1) is 23.1. The molecule has 2 bridgehead atoms. The number of para-hydroxylation sites is 1. The smallest absolute Gasteiger partial charge is 0.251 e. The molecular weight excluding hydrogens is 414 g/mol. The number of amides is 2. The molecule has 0 aromatic heterocycles. The Kier molecular flexibility index (Phi) is 7.93. The van der Waals surface area contributed by atoms with Crippen LogP contribution in [0.3, 0.4) is 0 Å². The van der Waals surface area contributed by atoms with Gasteiger partial charge in [-0.05, 0) is 61.9 Å². The van der Waals surface area contributed by atoms with Gasteiger partial charge in [-0.3, -0.25) is 9.59 Å². The van der Waals surface area contributed by atoms with E-state index in [1.165, 1.54) is 0 Å². The number of methoxy groups -OCH3 is 1. The molecule has 2 unspecified atom stereocenters. The van der Waals surface area contributed by atoms with Gasteiger partial charge in [0.05, 0.1) is 7.11 Å². The third-order valence-electron chi connectivity index (χ3n) is 6.04. The van der Waals surface area contributed by atoms with Crippen molar-refractivity contribution in [2.75, 3.05) is 12.4 Å². The van der Waals surface area contributed by atoms with E-state index in [2.05, 4.69) is 16.0 Å². The summed E-state index contributed by atoms with van der Waals surface area (Å²) in [5.74, 6) is 1.08. The number of carbonyl (C=O) groups excluding carboxylic acids is 2. The van der Waals surface area contributed by atoms with E-state index in [4.69, 9.17) is 4.74 Å². The van der Waals surface area contributed by atoms with E-state index in [0.29, 0.717) is 35.7 Å². The van der Waals surface area contributed by atoms with Crippen LogP contribution >= 0.6 is 12.4 Å². The molecule has 2 aromatic rings. The van der Waals surface area contributed by atoms with Gasteiger partial charge in [0.2, 0.25) is 5.91 Å². The van der Waals surface area contributed by atoms with E-state index in [1.807, 2.05) is 42.5 Å². The minimum atomic E-state index is -0.0577. The number of ether oxygens (including phenoxy) is 1. The van der Waals surface area contributed by atoms with Gasteiger partial charge in [0.15, 0.2) is 0 Å². The standard InChI is InChI=1S/C24H29N3O3.ClH/c1-30-22-9-5-6-17(13-22)24(29)27-21-14-19-10-16(11-20(15-21)25-19)12-23(28)26-18-7-3-2-4-8-18;/h2-9,13,16,19-21,25H,10-12,14-15H2,1H3,(H,26,28)(H,27,29);1H. The van der Waals surface area contributed by atoms with Crippen molar-refractivity contribution in [3.05, 3.63) is 60.2 Å². The number of rotatable bonds is 6. The summed E-state index contributed by atoms with van der Waals surface area (Å²) in [5.41, 5.74) is 1.46. The maximum absolute atomic E-state index is 12.6. The molecule has 3 N–H and O–H groups in total. The van der Waals surface area contributed by atoms with Crippen LogP contribution in [0.15, 0.2) is 54.6 Å². The highest BCUT2D eigenvalue weighted by atomic mass is 35.5. The number of anilines is 1. The van der Waals surface area contributed by atoms with Crippen molar-refractivity contribution in [3.63, 3.8) is 0 Å². The number of hydrogen-bond acceptors (Lipinski definition) is 4. The van der Waals surface area contributed by atoms with Gasteiger partial charge in [-0.25, -0.2) is 0 Å². The second-order valence-corrected chi connectivity index (χ2v) is 8.39. The molecule has 0 saturated carbocycles. The first-order valence-corrected chi connectivity index (χ1v) is 10.6. The topological polar surface area (TPSA) is 79.5 Å². The lowest BCUT2D eigenvalue weighted by atomic mass is 9.77. The summed E-state index contributed by atoms with van der Waals surface area (Å²) in [4.78, 5) is 25.1. The fourth-order valence-electron chi connectivity index (χ4n) is 4.80. The number of fused-ring (bicyclic) bond motifs is 2. The van der Waals surface area contributed by atoms with Crippen molar-refractivity contribution in [2.45, 2.75) is 50.2 Å².